The molecule has 0 aliphatic heterocycles. The van der Waals surface area contributed by atoms with Crippen LogP contribution in [0.4, 0.5) is 30.7 Å². The van der Waals surface area contributed by atoms with Crippen LogP contribution in [0.15, 0.2) is 41.5 Å². The van der Waals surface area contributed by atoms with Crippen molar-refractivity contribution in [1.82, 2.24) is 0 Å². The Balaban J connectivity index is 2.74. The maximum absolute atomic E-state index is 13.5. The molecule has 7 nitrogen and oxygen atoms in total. The molecule has 0 saturated heterocycles. The van der Waals surface area contributed by atoms with Crippen LogP contribution in [0.3, 0.4) is 0 Å². The smallest absolute Gasteiger partial charge is 0.394 e. The zero-order valence-corrected chi connectivity index (χ0v) is 20.7. The normalized spacial score (nSPS) is 15.7. The van der Waals surface area contributed by atoms with Crippen molar-refractivity contribution in [1.29, 1.82) is 0 Å². The molecule has 1 unspecified atom stereocenters. The van der Waals surface area contributed by atoms with Gasteiger partial charge in [-0.1, -0.05) is 17.7 Å². The highest BCUT2D eigenvalue weighted by Crippen LogP contribution is 2.37. The van der Waals surface area contributed by atoms with E-state index in [0.29, 0.717) is 12.1 Å². The minimum absolute atomic E-state index is 0.0188. The van der Waals surface area contributed by atoms with E-state index in [-0.39, 0.29) is 43.4 Å². The number of rotatable bonds is 14. The van der Waals surface area contributed by atoms with Gasteiger partial charge in [0.1, 0.15) is 5.82 Å². The third-order valence-corrected chi connectivity index (χ3v) is 5.65. The summed E-state index contributed by atoms with van der Waals surface area (Å²) < 4.78 is 112. The highest BCUT2D eigenvalue weighted by molar-refractivity contribution is 7.46. The van der Waals surface area contributed by atoms with Gasteiger partial charge in [0, 0.05) is 6.61 Å². The van der Waals surface area contributed by atoms with Gasteiger partial charge in [0.15, 0.2) is 0 Å². The summed E-state index contributed by atoms with van der Waals surface area (Å²) in [5, 5.41) is 9.43. The van der Waals surface area contributed by atoms with Gasteiger partial charge in [-0.3, -0.25) is 4.52 Å². The molecule has 0 radical (unpaired) electrons. The highest BCUT2D eigenvalue weighted by Gasteiger charge is 2.35. The van der Waals surface area contributed by atoms with E-state index in [1.54, 1.807) is 0 Å². The Morgan fingerprint density at radius 2 is 1.81 bits per heavy atom. The second-order valence-corrected chi connectivity index (χ2v) is 9.52. The molecule has 0 saturated carbocycles. The van der Waals surface area contributed by atoms with Crippen LogP contribution in [0.25, 0.3) is 0 Å². The number of nitrogens with two attached hydrogens (primary N) is 1. The van der Waals surface area contributed by atoms with Gasteiger partial charge in [-0.15, -0.1) is 0 Å². The maximum atomic E-state index is 13.5. The first-order valence-corrected chi connectivity index (χ1v) is 12.4. The number of aliphatic hydroxyl groups is 1. The molecule has 212 valence electrons. The standard InChI is InChI=1S/C22H29F7NO6P/c1-2-15(7-8-20(30,13-31)14-36-37(32,33)34)10-17(21(24,25)26)12-35-9-3-4-16-5-6-19(23)18(11-16)22(27,28)29/h2,5-6,10-11,31H,3-4,7-9,12-14,30H2,1H3,(H2,32,33,34)/b15-2-,17-10+. The number of aliphatic hydroxyl groups excluding tert-OH is 1. The molecule has 0 amide bonds. The van der Waals surface area contributed by atoms with Crippen molar-refractivity contribution in [3.63, 3.8) is 0 Å². The second-order valence-electron chi connectivity index (χ2n) is 8.28. The van der Waals surface area contributed by atoms with Crippen molar-refractivity contribution >= 4 is 7.82 Å². The van der Waals surface area contributed by atoms with Crippen molar-refractivity contribution in [2.45, 2.75) is 50.5 Å². The van der Waals surface area contributed by atoms with Crippen LogP contribution >= 0.6 is 7.82 Å². The van der Waals surface area contributed by atoms with E-state index < -0.39 is 62.5 Å². The molecule has 15 heteroatoms. The Hall–Kier alpha value is -1.80. The van der Waals surface area contributed by atoms with E-state index in [4.69, 9.17) is 20.3 Å². The van der Waals surface area contributed by atoms with Gasteiger partial charge in [-0.05, 0) is 56.4 Å². The zero-order chi connectivity index (χ0) is 28.5. The molecular formula is C22H29F7NO6P. The molecule has 37 heavy (non-hydrogen) atoms. The van der Waals surface area contributed by atoms with E-state index in [9.17, 15) is 40.4 Å². The first-order chi connectivity index (χ1) is 16.9. The number of ether oxygens (including phenoxy) is 1. The van der Waals surface area contributed by atoms with Crippen molar-refractivity contribution in [3.05, 3.63) is 58.4 Å². The summed E-state index contributed by atoms with van der Waals surface area (Å²) in [6.45, 7) is -1.09. The summed E-state index contributed by atoms with van der Waals surface area (Å²) >= 11 is 0. The Bertz CT molecular complexity index is 991. The summed E-state index contributed by atoms with van der Waals surface area (Å²) in [4.78, 5) is 17.6. The van der Waals surface area contributed by atoms with Crippen LogP contribution < -0.4 is 5.73 Å². The number of hydrogen-bond acceptors (Lipinski definition) is 5. The highest BCUT2D eigenvalue weighted by atomic mass is 31.2. The molecule has 0 aliphatic carbocycles. The number of phosphoric ester groups is 1. The summed E-state index contributed by atoms with van der Waals surface area (Å²) in [6, 6.07) is 2.47. The summed E-state index contributed by atoms with van der Waals surface area (Å²) in [5.41, 5.74) is 2.03. The van der Waals surface area contributed by atoms with Crippen molar-refractivity contribution in [2.75, 3.05) is 26.4 Å². The Morgan fingerprint density at radius 3 is 2.32 bits per heavy atom. The fourth-order valence-electron chi connectivity index (χ4n) is 3.04. The molecule has 1 rings (SSSR count). The number of allylic oxidation sites excluding steroid dienone is 3. The molecule has 0 heterocycles. The van der Waals surface area contributed by atoms with Crippen molar-refractivity contribution in [2.24, 2.45) is 5.73 Å². The van der Waals surface area contributed by atoms with Gasteiger partial charge in [0.05, 0.1) is 36.5 Å². The second kappa shape index (κ2) is 13.8. The number of phosphoric acid groups is 1. The summed E-state index contributed by atoms with van der Waals surface area (Å²) in [5.74, 6) is -1.42. The van der Waals surface area contributed by atoms with Gasteiger partial charge in [0.25, 0.3) is 0 Å². The van der Waals surface area contributed by atoms with E-state index in [1.807, 2.05) is 0 Å². The average molecular weight is 567 g/mol. The van der Waals surface area contributed by atoms with Crippen molar-refractivity contribution < 1.29 is 59.5 Å². The summed E-state index contributed by atoms with van der Waals surface area (Å²) in [6.07, 6.45) is -7.63. The minimum atomic E-state index is -4.87. The van der Waals surface area contributed by atoms with Gasteiger partial charge in [-0.25, -0.2) is 8.96 Å². The topological polar surface area (TPSA) is 122 Å². The molecule has 0 aromatic heterocycles. The zero-order valence-electron chi connectivity index (χ0n) is 19.8. The molecule has 1 atom stereocenters. The SMILES string of the molecule is C/C=C(\C=C(/COCCCc1ccc(F)c(C(F)(F)F)c1)C(F)(F)F)CCC(N)(CO)COP(=O)(O)O. The number of alkyl halides is 6. The number of aryl methyl sites for hydroxylation is 1. The van der Waals surface area contributed by atoms with Crippen LogP contribution in [0.5, 0.6) is 0 Å². The number of benzene rings is 1. The van der Waals surface area contributed by atoms with Gasteiger partial charge < -0.3 is 25.4 Å². The van der Waals surface area contributed by atoms with Gasteiger partial charge in [0.2, 0.25) is 0 Å². The molecule has 0 aliphatic rings. The molecule has 1 aromatic rings. The van der Waals surface area contributed by atoms with Crippen LogP contribution in [0, 0.1) is 5.82 Å². The third-order valence-electron chi connectivity index (χ3n) is 5.19. The lowest BCUT2D eigenvalue weighted by Gasteiger charge is -2.27. The monoisotopic (exact) mass is 567 g/mol. The Kier molecular flexibility index (Phi) is 12.4. The third kappa shape index (κ3) is 12.5. The largest absolute Gasteiger partial charge is 0.469 e. The fraction of sp³-hybridized carbons (Fsp3) is 0.545. The minimum Gasteiger partial charge on any atom is -0.394 e. The number of halogens is 7. The fourth-order valence-corrected chi connectivity index (χ4v) is 3.46. The molecule has 0 spiro atoms. The predicted octanol–water partition coefficient (Wildman–Crippen LogP) is 4.81. The lowest BCUT2D eigenvalue weighted by Crippen LogP contribution is -2.47. The average Bonchev–Trinajstić information content (AvgIpc) is 2.78. The van der Waals surface area contributed by atoms with E-state index >= 15 is 0 Å². The first-order valence-electron chi connectivity index (χ1n) is 10.9. The van der Waals surface area contributed by atoms with Crippen LogP contribution in [-0.2, 0) is 26.4 Å². The van der Waals surface area contributed by atoms with Crippen molar-refractivity contribution in [3.8, 4) is 0 Å². The molecule has 5 N–H and O–H groups in total. The molecular weight excluding hydrogens is 538 g/mol. The van der Waals surface area contributed by atoms with Crippen LogP contribution in [0.2, 0.25) is 0 Å². The van der Waals surface area contributed by atoms with Crippen LogP contribution in [0.1, 0.15) is 37.3 Å². The van der Waals surface area contributed by atoms with E-state index in [2.05, 4.69) is 4.52 Å². The number of hydrogen-bond donors (Lipinski definition) is 4. The lowest BCUT2D eigenvalue weighted by atomic mass is 9.93. The maximum Gasteiger partial charge on any atom is 0.469 e. The Morgan fingerprint density at radius 1 is 1.16 bits per heavy atom. The molecule has 1 aromatic carbocycles. The first kappa shape index (κ1) is 33.2. The quantitative estimate of drug-likeness (QED) is 0.110. The Labute approximate surface area is 209 Å². The molecule has 0 bridgehead atoms. The molecule has 0 fully saturated rings. The van der Waals surface area contributed by atoms with Gasteiger partial charge in [-0.2, -0.15) is 26.3 Å². The van der Waals surface area contributed by atoms with E-state index in [1.165, 1.54) is 13.0 Å². The predicted molar refractivity (Wildman–Crippen MR) is 120 cm³/mol. The summed E-state index contributed by atoms with van der Waals surface area (Å²) in [7, 11) is -4.87. The van der Waals surface area contributed by atoms with Gasteiger partial charge >= 0.3 is 20.2 Å². The lowest BCUT2D eigenvalue weighted by molar-refractivity contribution is -0.140. The van der Waals surface area contributed by atoms with Crippen LogP contribution in [-0.4, -0.2) is 53.0 Å². The van der Waals surface area contributed by atoms with E-state index in [0.717, 1.165) is 12.1 Å².